The van der Waals surface area contributed by atoms with Crippen LogP contribution in [0.1, 0.15) is 11.6 Å². The monoisotopic (exact) mass is 386 g/mol. The Bertz CT molecular complexity index is 1050. The maximum absolute atomic E-state index is 13.4. The Morgan fingerprint density at radius 1 is 0.724 bits per heavy atom. The van der Waals surface area contributed by atoms with Gasteiger partial charge in [0.15, 0.2) is 6.10 Å². The zero-order chi connectivity index (χ0) is 20.0. The van der Waals surface area contributed by atoms with Crippen LogP contribution in [-0.2, 0) is 14.4 Å². The number of hydroxylamine groups is 1. The molecule has 144 valence electrons. The molecule has 3 aromatic rings. The van der Waals surface area contributed by atoms with Crippen molar-refractivity contribution in [2.45, 2.75) is 12.1 Å². The molecular formula is C23H18N2O4. The lowest BCUT2D eigenvalue weighted by molar-refractivity contribution is -0.126. The molecule has 0 saturated carbocycles. The average Bonchev–Trinajstić information content (AvgIpc) is 3.26. The van der Waals surface area contributed by atoms with E-state index in [-0.39, 0.29) is 17.6 Å². The highest BCUT2D eigenvalue weighted by Gasteiger charge is 2.60. The Labute approximate surface area is 167 Å². The van der Waals surface area contributed by atoms with Crippen LogP contribution >= 0.6 is 0 Å². The summed E-state index contributed by atoms with van der Waals surface area (Å²) in [5.41, 5.74) is 2.08. The van der Waals surface area contributed by atoms with Gasteiger partial charge >= 0.3 is 0 Å². The molecule has 2 heterocycles. The topological polar surface area (TPSA) is 70.1 Å². The molecule has 2 aliphatic rings. The fraction of sp³-hybridized carbons (Fsp3) is 0.130. The number of phenolic OH excluding ortho intramolecular Hbond substituents is 1. The van der Waals surface area contributed by atoms with E-state index in [1.165, 1.54) is 4.90 Å². The zero-order valence-corrected chi connectivity index (χ0v) is 15.4. The van der Waals surface area contributed by atoms with E-state index in [2.05, 4.69) is 0 Å². The van der Waals surface area contributed by atoms with Gasteiger partial charge in [-0.05, 0) is 42.0 Å². The van der Waals surface area contributed by atoms with Gasteiger partial charge in [-0.3, -0.25) is 14.4 Å². The van der Waals surface area contributed by atoms with Gasteiger partial charge < -0.3 is 5.11 Å². The van der Waals surface area contributed by atoms with Gasteiger partial charge in [0.05, 0.1) is 17.4 Å². The second kappa shape index (κ2) is 6.76. The van der Waals surface area contributed by atoms with Gasteiger partial charge in [-0.1, -0.05) is 48.5 Å². The minimum absolute atomic E-state index is 0.134. The van der Waals surface area contributed by atoms with Gasteiger partial charge in [0.2, 0.25) is 5.91 Å². The third kappa shape index (κ3) is 2.77. The van der Waals surface area contributed by atoms with E-state index >= 15 is 0 Å². The quantitative estimate of drug-likeness (QED) is 0.699. The Morgan fingerprint density at radius 2 is 1.31 bits per heavy atom. The molecule has 5 rings (SSSR count). The second-order valence-electron chi connectivity index (χ2n) is 7.10. The fourth-order valence-corrected chi connectivity index (χ4v) is 4.06. The molecular weight excluding hydrogens is 368 g/mol. The van der Waals surface area contributed by atoms with Crippen molar-refractivity contribution in [2.75, 3.05) is 9.96 Å². The number of benzene rings is 3. The molecule has 1 N–H and O–H groups in total. The molecule has 0 radical (unpaired) electrons. The number of rotatable bonds is 3. The summed E-state index contributed by atoms with van der Waals surface area (Å²) < 4.78 is 0. The molecule has 29 heavy (non-hydrogen) atoms. The lowest BCUT2D eigenvalue weighted by Crippen LogP contribution is -2.37. The lowest BCUT2D eigenvalue weighted by Gasteiger charge is -2.28. The van der Waals surface area contributed by atoms with Gasteiger partial charge in [0.25, 0.3) is 5.91 Å². The van der Waals surface area contributed by atoms with E-state index in [9.17, 15) is 14.7 Å². The molecule has 2 fully saturated rings. The summed E-state index contributed by atoms with van der Waals surface area (Å²) in [4.78, 5) is 33.8. The molecule has 2 saturated heterocycles. The predicted octanol–water partition coefficient (Wildman–Crippen LogP) is 3.44. The third-order valence-electron chi connectivity index (χ3n) is 5.38. The number of fused-ring (bicyclic) bond motifs is 1. The summed E-state index contributed by atoms with van der Waals surface area (Å²) in [5, 5.41) is 11.3. The van der Waals surface area contributed by atoms with Crippen LogP contribution in [0.2, 0.25) is 0 Å². The Morgan fingerprint density at radius 3 is 1.93 bits per heavy atom. The molecule has 6 heteroatoms. The first-order valence-corrected chi connectivity index (χ1v) is 9.38. The van der Waals surface area contributed by atoms with Crippen molar-refractivity contribution < 1.29 is 19.5 Å². The summed E-state index contributed by atoms with van der Waals surface area (Å²) in [5.74, 6) is -1.21. The number of hydrogen-bond donors (Lipinski definition) is 1. The first-order valence-electron chi connectivity index (χ1n) is 9.38. The maximum atomic E-state index is 13.4. The number of carbonyl (C=O) groups is 2. The van der Waals surface area contributed by atoms with E-state index in [4.69, 9.17) is 4.84 Å². The van der Waals surface area contributed by atoms with Gasteiger partial charge in [-0.2, -0.15) is 0 Å². The second-order valence-corrected chi connectivity index (χ2v) is 7.10. The molecule has 0 bridgehead atoms. The zero-order valence-electron chi connectivity index (χ0n) is 15.4. The SMILES string of the molecule is O=C1[C@H]2[C@@H](c3ccc(O)cc3)N(c3ccccc3)O[C@H]2C(=O)N1c1ccccc1. The van der Waals surface area contributed by atoms with Crippen molar-refractivity contribution in [3.8, 4) is 5.75 Å². The smallest absolute Gasteiger partial charge is 0.266 e. The molecule has 0 aliphatic carbocycles. The van der Waals surface area contributed by atoms with Crippen LogP contribution in [0.3, 0.4) is 0 Å². The summed E-state index contributed by atoms with van der Waals surface area (Å²) >= 11 is 0. The number of phenols is 1. The van der Waals surface area contributed by atoms with Gasteiger partial charge in [-0.15, -0.1) is 0 Å². The average molecular weight is 386 g/mol. The van der Waals surface area contributed by atoms with Gasteiger partial charge in [0, 0.05) is 0 Å². The van der Waals surface area contributed by atoms with E-state index < -0.39 is 18.1 Å². The number of para-hydroxylation sites is 2. The molecule has 6 nitrogen and oxygen atoms in total. The van der Waals surface area contributed by atoms with Crippen molar-refractivity contribution in [1.29, 1.82) is 0 Å². The molecule has 0 spiro atoms. The first kappa shape index (κ1) is 17.5. The van der Waals surface area contributed by atoms with E-state index in [1.807, 2.05) is 36.4 Å². The molecule has 3 aromatic carbocycles. The Kier molecular flexibility index (Phi) is 4.07. The van der Waals surface area contributed by atoms with Crippen LogP contribution in [0.15, 0.2) is 84.9 Å². The normalized spacial score (nSPS) is 23.5. The van der Waals surface area contributed by atoms with E-state index in [0.29, 0.717) is 5.69 Å². The van der Waals surface area contributed by atoms with E-state index in [1.54, 1.807) is 53.6 Å². The fourth-order valence-electron chi connectivity index (χ4n) is 4.06. The standard InChI is InChI=1S/C23H18N2O4/c26-18-13-11-15(12-14-18)20-19-21(29-25(20)17-9-5-2-6-10-17)23(28)24(22(19)27)16-7-3-1-4-8-16/h1-14,19-21,26H/t19-,20+,21+/m0/s1. The number of imide groups is 1. The van der Waals surface area contributed by atoms with Crippen LogP contribution in [0.5, 0.6) is 5.75 Å². The number of nitrogens with zero attached hydrogens (tertiary/aromatic N) is 2. The molecule has 2 aliphatic heterocycles. The first-order chi connectivity index (χ1) is 14.1. The van der Waals surface area contributed by atoms with Gasteiger partial charge in [0.1, 0.15) is 11.7 Å². The largest absolute Gasteiger partial charge is 0.508 e. The maximum Gasteiger partial charge on any atom is 0.266 e. The number of amides is 2. The van der Waals surface area contributed by atoms with Crippen LogP contribution in [0.4, 0.5) is 11.4 Å². The van der Waals surface area contributed by atoms with Gasteiger partial charge in [-0.25, -0.2) is 9.96 Å². The predicted molar refractivity (Wildman–Crippen MR) is 107 cm³/mol. The van der Waals surface area contributed by atoms with E-state index in [0.717, 1.165) is 11.3 Å². The van der Waals surface area contributed by atoms with Crippen LogP contribution in [0, 0.1) is 5.92 Å². The van der Waals surface area contributed by atoms with Crippen LogP contribution in [-0.4, -0.2) is 23.0 Å². The van der Waals surface area contributed by atoms with Crippen molar-refractivity contribution in [1.82, 2.24) is 0 Å². The highest BCUT2D eigenvalue weighted by Crippen LogP contribution is 2.47. The Balaban J connectivity index is 1.59. The minimum atomic E-state index is -0.901. The summed E-state index contributed by atoms with van der Waals surface area (Å²) in [6.45, 7) is 0. The summed E-state index contributed by atoms with van der Waals surface area (Å²) in [6, 6.07) is 24.4. The molecule has 0 aromatic heterocycles. The number of anilines is 2. The third-order valence-corrected chi connectivity index (χ3v) is 5.38. The molecule has 2 amide bonds. The number of carbonyl (C=O) groups excluding carboxylic acids is 2. The summed E-state index contributed by atoms with van der Waals surface area (Å²) in [7, 11) is 0. The van der Waals surface area contributed by atoms with Crippen molar-refractivity contribution >= 4 is 23.2 Å². The minimum Gasteiger partial charge on any atom is -0.508 e. The highest BCUT2D eigenvalue weighted by molar-refractivity contribution is 6.23. The summed E-state index contributed by atoms with van der Waals surface area (Å²) in [6.07, 6.45) is -0.901. The number of aromatic hydroxyl groups is 1. The molecule has 3 atom stereocenters. The number of hydrogen-bond acceptors (Lipinski definition) is 5. The van der Waals surface area contributed by atoms with Crippen LogP contribution < -0.4 is 9.96 Å². The van der Waals surface area contributed by atoms with Crippen molar-refractivity contribution in [2.24, 2.45) is 5.92 Å². The van der Waals surface area contributed by atoms with Crippen molar-refractivity contribution in [3.05, 3.63) is 90.5 Å². The lowest BCUT2D eigenvalue weighted by atomic mass is 9.90. The Hall–Kier alpha value is -3.64. The van der Waals surface area contributed by atoms with Crippen LogP contribution in [0.25, 0.3) is 0 Å². The highest BCUT2D eigenvalue weighted by atomic mass is 16.7. The van der Waals surface area contributed by atoms with Crippen molar-refractivity contribution in [3.63, 3.8) is 0 Å². The molecule has 0 unspecified atom stereocenters.